The molecule has 5 nitrogen and oxygen atoms in total. The molecule has 0 aliphatic carbocycles. The van der Waals surface area contributed by atoms with Gasteiger partial charge in [-0.3, -0.25) is 9.79 Å². The van der Waals surface area contributed by atoms with Gasteiger partial charge in [-0.2, -0.15) is 0 Å². The first-order valence-electron chi connectivity index (χ1n) is 6.49. The highest BCUT2D eigenvalue weighted by atomic mass is 16.1. The van der Waals surface area contributed by atoms with Crippen LogP contribution in [-0.4, -0.2) is 31.4 Å². The number of nitrogens with one attached hydrogen (secondary N) is 1. The van der Waals surface area contributed by atoms with Gasteiger partial charge in [-0.15, -0.1) is 0 Å². The number of unbranched alkanes of at least 4 members (excludes halogenated alkanes) is 2. The lowest BCUT2D eigenvalue weighted by Crippen LogP contribution is -2.31. The van der Waals surface area contributed by atoms with Gasteiger partial charge in [0.25, 0.3) is 0 Å². The maximum Gasteiger partial charge on any atom is 0.185 e. The third kappa shape index (κ3) is 6.26. The summed E-state index contributed by atoms with van der Waals surface area (Å²) in [5.74, 6) is 0.887. The smallest absolute Gasteiger partial charge is 0.185 e. The van der Waals surface area contributed by atoms with E-state index in [1.54, 1.807) is 0 Å². The van der Waals surface area contributed by atoms with Crippen molar-refractivity contribution >= 4 is 11.7 Å². The van der Waals surface area contributed by atoms with E-state index in [2.05, 4.69) is 10.3 Å². The summed E-state index contributed by atoms with van der Waals surface area (Å²) < 4.78 is 0. The van der Waals surface area contributed by atoms with Crippen LogP contribution in [-0.2, 0) is 4.79 Å². The Labute approximate surface area is 103 Å². The van der Waals surface area contributed by atoms with Crippen LogP contribution in [0.2, 0.25) is 0 Å². The first kappa shape index (κ1) is 14.0. The number of Topliss-reactive ketones (excluding diaryl/α,β-unsaturated/α-hetero) is 1. The maximum absolute atomic E-state index is 11.8. The van der Waals surface area contributed by atoms with Crippen LogP contribution in [0.4, 0.5) is 0 Å². The Hall–Kier alpha value is -1.10. The summed E-state index contributed by atoms with van der Waals surface area (Å²) in [4.78, 5) is 15.8. The maximum atomic E-state index is 11.8. The van der Waals surface area contributed by atoms with Crippen molar-refractivity contribution in [3.05, 3.63) is 0 Å². The second-order valence-corrected chi connectivity index (χ2v) is 4.61. The normalized spacial score (nSPS) is 16.7. The summed E-state index contributed by atoms with van der Waals surface area (Å²) in [5.41, 5.74) is 10.4. The molecule has 0 saturated carbocycles. The number of piperidine rings is 1. The Balaban J connectivity index is 2.01. The van der Waals surface area contributed by atoms with Crippen molar-refractivity contribution in [1.29, 1.82) is 0 Å². The predicted molar refractivity (Wildman–Crippen MR) is 69.7 cm³/mol. The zero-order valence-corrected chi connectivity index (χ0v) is 10.5. The summed E-state index contributed by atoms with van der Waals surface area (Å²) in [7, 11) is 0. The molecule has 0 aromatic carbocycles. The van der Waals surface area contributed by atoms with Crippen LogP contribution in [0.25, 0.3) is 0 Å². The average molecular weight is 240 g/mol. The highest BCUT2D eigenvalue weighted by Gasteiger charge is 2.19. The van der Waals surface area contributed by atoms with E-state index in [4.69, 9.17) is 11.5 Å². The molecular formula is C12H24N4O. The highest BCUT2D eigenvalue weighted by Crippen LogP contribution is 2.16. The number of nitrogens with zero attached hydrogens (tertiary/aromatic N) is 1. The number of nitrogens with two attached hydrogens (primary N) is 2. The number of hydrogen-bond acceptors (Lipinski definition) is 3. The predicted octanol–water partition coefficient (Wildman–Crippen LogP) is 0.389. The fourth-order valence-corrected chi connectivity index (χ4v) is 2.14. The van der Waals surface area contributed by atoms with Gasteiger partial charge in [0.15, 0.2) is 5.96 Å². The van der Waals surface area contributed by atoms with Crippen molar-refractivity contribution in [1.82, 2.24) is 5.32 Å². The second kappa shape index (κ2) is 8.06. The van der Waals surface area contributed by atoms with Crippen LogP contribution in [0, 0.1) is 5.92 Å². The summed E-state index contributed by atoms with van der Waals surface area (Å²) in [5, 5.41) is 3.27. The van der Waals surface area contributed by atoms with Gasteiger partial charge >= 0.3 is 0 Å². The number of aliphatic imine (C=N–C) groups is 1. The van der Waals surface area contributed by atoms with E-state index >= 15 is 0 Å². The van der Waals surface area contributed by atoms with Gasteiger partial charge in [-0.05, 0) is 38.8 Å². The zero-order chi connectivity index (χ0) is 12.5. The number of guanidine groups is 1. The highest BCUT2D eigenvalue weighted by molar-refractivity contribution is 5.81. The van der Waals surface area contributed by atoms with E-state index in [-0.39, 0.29) is 5.96 Å². The molecule has 0 aromatic heterocycles. The standard InChI is InChI=1S/C12H24N4O/c13-12(14)16-7-3-1-2-4-11(17)10-5-8-15-9-6-10/h10,15H,1-9H2,(H4,13,14,16). The van der Waals surface area contributed by atoms with Crippen molar-refractivity contribution in [2.45, 2.75) is 38.5 Å². The molecule has 17 heavy (non-hydrogen) atoms. The molecule has 1 heterocycles. The number of carbonyl (C=O) groups is 1. The lowest BCUT2D eigenvalue weighted by molar-refractivity contribution is -0.123. The van der Waals surface area contributed by atoms with Crippen molar-refractivity contribution in [2.24, 2.45) is 22.4 Å². The minimum Gasteiger partial charge on any atom is -0.370 e. The number of rotatable bonds is 7. The molecule has 1 fully saturated rings. The van der Waals surface area contributed by atoms with Crippen molar-refractivity contribution in [3.63, 3.8) is 0 Å². The summed E-state index contributed by atoms with van der Waals surface area (Å²) in [6.45, 7) is 2.64. The fraction of sp³-hybridized carbons (Fsp3) is 0.833. The molecule has 98 valence electrons. The van der Waals surface area contributed by atoms with Crippen LogP contribution < -0.4 is 16.8 Å². The topological polar surface area (TPSA) is 93.5 Å². The molecule has 0 atom stereocenters. The minimum atomic E-state index is 0.149. The Kier molecular flexibility index (Phi) is 6.62. The fourth-order valence-electron chi connectivity index (χ4n) is 2.14. The molecule has 5 N–H and O–H groups in total. The Morgan fingerprint density at radius 2 is 1.88 bits per heavy atom. The lowest BCUT2D eigenvalue weighted by Gasteiger charge is -2.21. The molecule has 1 saturated heterocycles. The van der Waals surface area contributed by atoms with E-state index in [0.717, 1.165) is 45.2 Å². The molecule has 0 aromatic rings. The Morgan fingerprint density at radius 1 is 1.18 bits per heavy atom. The third-order valence-corrected chi connectivity index (χ3v) is 3.17. The molecule has 0 bridgehead atoms. The molecule has 5 heteroatoms. The van der Waals surface area contributed by atoms with Crippen molar-refractivity contribution in [3.8, 4) is 0 Å². The summed E-state index contributed by atoms with van der Waals surface area (Å²) in [6, 6.07) is 0. The molecular weight excluding hydrogens is 216 g/mol. The SMILES string of the molecule is NC(N)=NCCCCCC(=O)C1CCNCC1. The average Bonchev–Trinajstić information content (AvgIpc) is 2.34. The van der Waals surface area contributed by atoms with Crippen LogP contribution in [0.5, 0.6) is 0 Å². The van der Waals surface area contributed by atoms with Gasteiger partial charge in [0.2, 0.25) is 0 Å². The quantitative estimate of drug-likeness (QED) is 0.341. The first-order valence-corrected chi connectivity index (χ1v) is 6.49. The zero-order valence-electron chi connectivity index (χ0n) is 10.5. The Bertz CT molecular complexity index is 255. The van der Waals surface area contributed by atoms with E-state index in [1.165, 1.54) is 0 Å². The minimum absolute atomic E-state index is 0.149. The van der Waals surface area contributed by atoms with Gasteiger partial charge in [-0.25, -0.2) is 0 Å². The molecule has 0 radical (unpaired) electrons. The molecule has 1 rings (SSSR count). The summed E-state index contributed by atoms with van der Waals surface area (Å²) >= 11 is 0. The molecule has 1 aliphatic heterocycles. The molecule has 1 aliphatic rings. The van der Waals surface area contributed by atoms with Crippen molar-refractivity contribution in [2.75, 3.05) is 19.6 Å². The van der Waals surface area contributed by atoms with Gasteiger partial charge in [0.1, 0.15) is 5.78 Å². The number of ketones is 1. The van der Waals surface area contributed by atoms with Gasteiger partial charge < -0.3 is 16.8 Å². The monoisotopic (exact) mass is 240 g/mol. The van der Waals surface area contributed by atoms with Crippen LogP contribution in [0.15, 0.2) is 4.99 Å². The Morgan fingerprint density at radius 3 is 2.53 bits per heavy atom. The largest absolute Gasteiger partial charge is 0.370 e. The second-order valence-electron chi connectivity index (χ2n) is 4.61. The van der Waals surface area contributed by atoms with E-state index in [0.29, 0.717) is 24.7 Å². The van der Waals surface area contributed by atoms with Gasteiger partial charge in [-0.1, -0.05) is 6.42 Å². The summed E-state index contributed by atoms with van der Waals surface area (Å²) in [6.07, 6.45) is 5.67. The first-order chi connectivity index (χ1) is 8.20. The third-order valence-electron chi connectivity index (χ3n) is 3.17. The number of hydrogen-bond donors (Lipinski definition) is 3. The van der Waals surface area contributed by atoms with Gasteiger partial charge in [0.05, 0.1) is 0 Å². The number of carbonyl (C=O) groups excluding carboxylic acids is 1. The van der Waals surface area contributed by atoms with Crippen LogP contribution in [0.3, 0.4) is 0 Å². The van der Waals surface area contributed by atoms with E-state index in [1.807, 2.05) is 0 Å². The van der Waals surface area contributed by atoms with E-state index < -0.39 is 0 Å². The van der Waals surface area contributed by atoms with Gasteiger partial charge in [0, 0.05) is 18.9 Å². The molecule has 0 amide bonds. The lowest BCUT2D eigenvalue weighted by atomic mass is 9.91. The molecule has 0 spiro atoms. The van der Waals surface area contributed by atoms with E-state index in [9.17, 15) is 4.79 Å². The van der Waals surface area contributed by atoms with Crippen molar-refractivity contribution < 1.29 is 4.79 Å². The van der Waals surface area contributed by atoms with Crippen LogP contribution in [0.1, 0.15) is 38.5 Å². The van der Waals surface area contributed by atoms with Crippen LogP contribution >= 0.6 is 0 Å². The molecule has 0 unspecified atom stereocenters.